The maximum Gasteiger partial charge on any atom is 0.272 e. The molecule has 0 N–H and O–H groups in total. The van der Waals surface area contributed by atoms with Crippen molar-refractivity contribution < 1.29 is 14.3 Å². The van der Waals surface area contributed by atoms with Gasteiger partial charge in [0.25, 0.3) is 5.91 Å². The highest BCUT2D eigenvalue weighted by molar-refractivity contribution is 5.94. The van der Waals surface area contributed by atoms with Crippen LogP contribution in [0.2, 0.25) is 0 Å². The van der Waals surface area contributed by atoms with Gasteiger partial charge in [0.15, 0.2) is 0 Å². The van der Waals surface area contributed by atoms with E-state index in [0.29, 0.717) is 11.6 Å². The number of hydrogen-bond donors (Lipinski definition) is 0. The van der Waals surface area contributed by atoms with Crippen molar-refractivity contribution in [3.63, 3.8) is 0 Å². The van der Waals surface area contributed by atoms with Crippen LogP contribution in [0.1, 0.15) is 30.3 Å². The largest absolute Gasteiger partial charge is 0.497 e. The van der Waals surface area contributed by atoms with Crippen molar-refractivity contribution in [3.8, 4) is 28.4 Å². The Labute approximate surface area is 177 Å². The summed E-state index contributed by atoms with van der Waals surface area (Å²) in [6.45, 7) is 3.80. The van der Waals surface area contributed by atoms with Gasteiger partial charge in [0, 0.05) is 18.7 Å². The summed E-state index contributed by atoms with van der Waals surface area (Å²) in [5.74, 6) is 2.19. The van der Waals surface area contributed by atoms with E-state index in [-0.39, 0.29) is 5.91 Å². The van der Waals surface area contributed by atoms with Gasteiger partial charge >= 0.3 is 0 Å². The Balaban J connectivity index is 1.75. The third kappa shape index (κ3) is 4.03. The Hall–Kier alpha value is -3.28. The van der Waals surface area contributed by atoms with E-state index in [0.717, 1.165) is 54.4 Å². The lowest BCUT2D eigenvalue weighted by Crippen LogP contribution is -2.38. The number of benzene rings is 2. The second kappa shape index (κ2) is 8.61. The Morgan fingerprint density at radius 2 is 1.67 bits per heavy atom. The van der Waals surface area contributed by atoms with Crippen LogP contribution < -0.4 is 9.47 Å². The van der Waals surface area contributed by atoms with E-state index in [2.05, 4.69) is 6.92 Å². The molecule has 0 spiro atoms. The van der Waals surface area contributed by atoms with Gasteiger partial charge in [0.05, 0.1) is 25.6 Å². The van der Waals surface area contributed by atoms with Crippen LogP contribution in [0.5, 0.6) is 11.5 Å². The summed E-state index contributed by atoms with van der Waals surface area (Å²) < 4.78 is 12.4. The second-order valence-corrected chi connectivity index (χ2v) is 7.73. The Morgan fingerprint density at radius 3 is 2.33 bits per heavy atom. The van der Waals surface area contributed by atoms with Gasteiger partial charge in [-0.15, -0.1) is 0 Å². The number of methoxy groups -OCH3 is 2. The van der Waals surface area contributed by atoms with Gasteiger partial charge in [-0.25, -0.2) is 4.68 Å². The zero-order chi connectivity index (χ0) is 21.1. The molecule has 1 saturated heterocycles. The lowest BCUT2D eigenvalue weighted by atomic mass is 9.99. The molecule has 6 nitrogen and oxygen atoms in total. The van der Waals surface area contributed by atoms with E-state index in [1.807, 2.05) is 59.5 Å². The SMILES string of the molecule is COc1ccc(-n2nc(-c3cccc(OC)c3)cc2C(=O)N2CCC(C)CC2)cc1. The van der Waals surface area contributed by atoms with Crippen molar-refractivity contribution in [2.75, 3.05) is 27.3 Å². The standard InChI is InChI=1S/C24H27N3O3/c1-17-11-13-26(14-12-17)24(28)23-16-22(18-5-4-6-21(15-18)30-3)25-27(23)19-7-9-20(29-2)10-8-19/h4-10,15-17H,11-14H2,1-3H3. The lowest BCUT2D eigenvalue weighted by molar-refractivity contribution is 0.0688. The average molecular weight is 405 g/mol. The minimum atomic E-state index is 0.0133. The first-order chi connectivity index (χ1) is 14.6. The summed E-state index contributed by atoms with van der Waals surface area (Å²) in [5, 5.41) is 4.79. The van der Waals surface area contributed by atoms with Gasteiger partial charge in [-0.05, 0) is 61.2 Å². The first-order valence-corrected chi connectivity index (χ1v) is 10.3. The summed E-state index contributed by atoms with van der Waals surface area (Å²) in [7, 11) is 3.28. The highest BCUT2D eigenvalue weighted by Gasteiger charge is 2.26. The molecule has 0 unspecified atom stereocenters. The van der Waals surface area contributed by atoms with Crippen LogP contribution >= 0.6 is 0 Å². The average Bonchev–Trinajstić information content (AvgIpc) is 3.25. The van der Waals surface area contributed by atoms with E-state index >= 15 is 0 Å². The van der Waals surface area contributed by atoms with Crippen molar-refractivity contribution in [1.82, 2.24) is 14.7 Å². The molecule has 2 heterocycles. The van der Waals surface area contributed by atoms with Crippen LogP contribution in [0.25, 0.3) is 16.9 Å². The van der Waals surface area contributed by atoms with Crippen molar-refractivity contribution in [2.24, 2.45) is 5.92 Å². The molecule has 0 atom stereocenters. The number of carbonyl (C=O) groups excluding carboxylic acids is 1. The van der Waals surface area contributed by atoms with E-state index in [1.165, 1.54) is 0 Å². The molecule has 1 fully saturated rings. The molecule has 1 aliphatic heterocycles. The van der Waals surface area contributed by atoms with Crippen molar-refractivity contribution in [1.29, 1.82) is 0 Å². The topological polar surface area (TPSA) is 56.6 Å². The fourth-order valence-corrected chi connectivity index (χ4v) is 3.75. The molecular formula is C24H27N3O3. The number of ether oxygens (including phenoxy) is 2. The minimum absolute atomic E-state index is 0.0133. The maximum atomic E-state index is 13.4. The molecule has 1 amide bonds. The number of amides is 1. The van der Waals surface area contributed by atoms with Gasteiger partial charge < -0.3 is 14.4 Å². The van der Waals surface area contributed by atoms with Crippen LogP contribution in [-0.2, 0) is 0 Å². The Morgan fingerprint density at radius 1 is 0.967 bits per heavy atom. The van der Waals surface area contributed by atoms with Crippen molar-refractivity contribution >= 4 is 5.91 Å². The molecular weight excluding hydrogens is 378 g/mol. The molecule has 0 bridgehead atoms. The minimum Gasteiger partial charge on any atom is -0.497 e. The number of aromatic nitrogens is 2. The highest BCUT2D eigenvalue weighted by Crippen LogP contribution is 2.27. The molecule has 0 radical (unpaired) electrons. The maximum absolute atomic E-state index is 13.4. The first kappa shape index (κ1) is 20.0. The molecule has 30 heavy (non-hydrogen) atoms. The zero-order valence-corrected chi connectivity index (χ0v) is 17.7. The quantitative estimate of drug-likeness (QED) is 0.630. The molecule has 156 valence electrons. The smallest absolute Gasteiger partial charge is 0.272 e. The van der Waals surface area contributed by atoms with Crippen molar-refractivity contribution in [3.05, 3.63) is 60.3 Å². The molecule has 0 aliphatic carbocycles. The number of carbonyl (C=O) groups is 1. The lowest BCUT2D eigenvalue weighted by Gasteiger charge is -2.30. The van der Waals surface area contributed by atoms with Gasteiger partial charge in [0.2, 0.25) is 0 Å². The molecule has 3 aromatic rings. The van der Waals surface area contributed by atoms with Crippen molar-refractivity contribution in [2.45, 2.75) is 19.8 Å². The first-order valence-electron chi connectivity index (χ1n) is 10.3. The number of rotatable bonds is 5. The van der Waals surface area contributed by atoms with Crippen LogP contribution in [0.4, 0.5) is 0 Å². The number of hydrogen-bond acceptors (Lipinski definition) is 4. The zero-order valence-electron chi connectivity index (χ0n) is 17.7. The van der Waals surface area contributed by atoms with Crippen LogP contribution in [0.3, 0.4) is 0 Å². The fourth-order valence-electron chi connectivity index (χ4n) is 3.75. The van der Waals surface area contributed by atoms with E-state index < -0.39 is 0 Å². The number of piperidine rings is 1. The molecule has 2 aromatic carbocycles. The van der Waals surface area contributed by atoms with Crippen LogP contribution in [0.15, 0.2) is 54.6 Å². The van der Waals surface area contributed by atoms with Gasteiger partial charge in [-0.2, -0.15) is 5.10 Å². The number of likely N-dealkylation sites (tertiary alicyclic amines) is 1. The van der Waals surface area contributed by atoms with E-state index in [1.54, 1.807) is 18.9 Å². The monoisotopic (exact) mass is 405 g/mol. The summed E-state index contributed by atoms with van der Waals surface area (Å²) in [4.78, 5) is 15.3. The molecule has 6 heteroatoms. The second-order valence-electron chi connectivity index (χ2n) is 7.73. The predicted molar refractivity (Wildman–Crippen MR) is 116 cm³/mol. The fraction of sp³-hybridized carbons (Fsp3) is 0.333. The normalized spacial score (nSPS) is 14.6. The molecule has 4 rings (SSSR count). The predicted octanol–water partition coefficient (Wildman–Crippen LogP) is 4.43. The summed E-state index contributed by atoms with van der Waals surface area (Å²) in [6, 6.07) is 17.2. The van der Waals surface area contributed by atoms with Gasteiger partial charge in [-0.3, -0.25) is 4.79 Å². The van der Waals surface area contributed by atoms with E-state index in [9.17, 15) is 4.79 Å². The molecule has 0 saturated carbocycles. The Bertz CT molecular complexity index is 1020. The third-order valence-electron chi connectivity index (χ3n) is 5.68. The van der Waals surface area contributed by atoms with Crippen LogP contribution in [0, 0.1) is 5.92 Å². The van der Waals surface area contributed by atoms with Crippen LogP contribution in [-0.4, -0.2) is 47.9 Å². The highest BCUT2D eigenvalue weighted by atomic mass is 16.5. The third-order valence-corrected chi connectivity index (χ3v) is 5.68. The van der Waals surface area contributed by atoms with Gasteiger partial charge in [0.1, 0.15) is 17.2 Å². The summed E-state index contributed by atoms with van der Waals surface area (Å²) in [5.41, 5.74) is 3.02. The van der Waals surface area contributed by atoms with Gasteiger partial charge in [-0.1, -0.05) is 19.1 Å². The number of nitrogens with zero attached hydrogens (tertiary/aromatic N) is 3. The molecule has 1 aromatic heterocycles. The Kier molecular flexibility index (Phi) is 5.74. The van der Waals surface area contributed by atoms with E-state index in [4.69, 9.17) is 14.6 Å². The summed E-state index contributed by atoms with van der Waals surface area (Å²) in [6.07, 6.45) is 2.07. The summed E-state index contributed by atoms with van der Waals surface area (Å²) >= 11 is 0. The molecule has 1 aliphatic rings.